The monoisotopic (exact) mass is 445 g/mol. The van der Waals surface area contributed by atoms with Crippen molar-refractivity contribution in [3.05, 3.63) is 64.4 Å². The molecule has 1 N–H and O–H groups in total. The van der Waals surface area contributed by atoms with Gasteiger partial charge in [0.15, 0.2) is 19.7 Å². The minimum Gasteiger partial charge on any atom is -0.348 e. The van der Waals surface area contributed by atoms with Gasteiger partial charge in [0.05, 0.1) is 32.2 Å². The molecule has 150 valence electrons. The zero-order valence-corrected chi connectivity index (χ0v) is 16.9. The Balaban J connectivity index is 1.81. The Hall–Kier alpha value is -1.97. The largest absolute Gasteiger partial charge is 0.348 e. The summed E-state index contributed by atoms with van der Waals surface area (Å²) in [6.07, 6.45) is 0.0272. The van der Waals surface area contributed by atoms with Crippen LogP contribution in [0.15, 0.2) is 47.4 Å². The predicted octanol–water partition coefficient (Wildman–Crippen LogP) is 2.37. The highest BCUT2D eigenvalue weighted by Gasteiger charge is 2.38. The Morgan fingerprint density at radius 1 is 1.18 bits per heavy atom. The molecule has 1 atom stereocenters. The van der Waals surface area contributed by atoms with Crippen LogP contribution in [0.3, 0.4) is 0 Å². The predicted molar refractivity (Wildman–Crippen MR) is 103 cm³/mol. The molecule has 1 heterocycles. The van der Waals surface area contributed by atoms with E-state index in [9.17, 15) is 26.0 Å². The van der Waals surface area contributed by atoms with Crippen molar-refractivity contribution in [3.63, 3.8) is 0 Å². The van der Waals surface area contributed by atoms with Crippen LogP contribution < -0.4 is 5.32 Å². The number of carbonyl (C=O) groups is 1. The molecule has 2 aromatic carbocycles. The molecule has 6 nitrogen and oxygen atoms in total. The third kappa shape index (κ3) is 4.53. The first-order chi connectivity index (χ1) is 13.1. The SMILES string of the molecule is O=C(NCc1ccc(F)cc1)c1cc(S(=O)(=O)C2CCS(=O)(=O)C2)ccc1Cl. The Labute approximate surface area is 167 Å². The van der Waals surface area contributed by atoms with Crippen LogP contribution in [-0.2, 0) is 26.2 Å². The summed E-state index contributed by atoms with van der Waals surface area (Å²) in [5.74, 6) is -1.59. The number of carbonyl (C=O) groups excluding carboxylic acids is 1. The minimum absolute atomic E-state index is 0.0272. The maximum atomic E-state index is 12.9. The molecule has 1 amide bonds. The number of hydrogen-bond acceptors (Lipinski definition) is 5. The van der Waals surface area contributed by atoms with Crippen LogP contribution in [-0.4, -0.2) is 39.5 Å². The summed E-state index contributed by atoms with van der Waals surface area (Å²) in [4.78, 5) is 12.3. The van der Waals surface area contributed by atoms with Crippen molar-refractivity contribution in [1.82, 2.24) is 5.32 Å². The van der Waals surface area contributed by atoms with Crippen molar-refractivity contribution < 1.29 is 26.0 Å². The molecule has 0 radical (unpaired) electrons. The van der Waals surface area contributed by atoms with Gasteiger partial charge in [-0.3, -0.25) is 4.79 Å². The standard InChI is InChI=1S/C18H17ClFNO5S2/c19-17-6-5-14(28(25,26)15-7-8-27(23,24)11-15)9-16(17)18(22)21-10-12-1-3-13(20)4-2-12/h1-6,9,15H,7-8,10-11H2,(H,21,22). The van der Waals surface area contributed by atoms with Gasteiger partial charge in [0.25, 0.3) is 5.91 Å². The van der Waals surface area contributed by atoms with Gasteiger partial charge in [-0.2, -0.15) is 0 Å². The number of amides is 1. The van der Waals surface area contributed by atoms with Crippen LogP contribution in [0, 0.1) is 5.82 Å². The van der Waals surface area contributed by atoms with Crippen LogP contribution >= 0.6 is 11.6 Å². The molecule has 1 aliphatic rings. The second-order valence-corrected chi connectivity index (χ2v) is 11.4. The van der Waals surface area contributed by atoms with Gasteiger partial charge in [0.1, 0.15) is 5.82 Å². The maximum absolute atomic E-state index is 12.9. The summed E-state index contributed by atoms with van der Waals surface area (Å²) in [7, 11) is -7.29. The van der Waals surface area contributed by atoms with Crippen molar-refractivity contribution in [2.24, 2.45) is 0 Å². The molecule has 0 aliphatic carbocycles. The number of benzene rings is 2. The summed E-state index contributed by atoms with van der Waals surface area (Å²) in [6.45, 7) is 0.104. The van der Waals surface area contributed by atoms with E-state index in [2.05, 4.69) is 5.32 Å². The van der Waals surface area contributed by atoms with Gasteiger partial charge in [0.2, 0.25) is 0 Å². The first kappa shape index (κ1) is 20.8. The topological polar surface area (TPSA) is 97.4 Å². The Bertz CT molecular complexity index is 1120. The molecule has 28 heavy (non-hydrogen) atoms. The zero-order valence-electron chi connectivity index (χ0n) is 14.6. The number of hydrogen-bond donors (Lipinski definition) is 1. The van der Waals surface area contributed by atoms with E-state index < -0.39 is 42.4 Å². The molecule has 0 bridgehead atoms. The van der Waals surface area contributed by atoms with E-state index in [0.717, 1.165) is 6.07 Å². The van der Waals surface area contributed by atoms with E-state index >= 15 is 0 Å². The van der Waals surface area contributed by atoms with E-state index in [1.165, 1.54) is 36.4 Å². The highest BCUT2D eigenvalue weighted by atomic mass is 35.5. The van der Waals surface area contributed by atoms with Gasteiger partial charge in [-0.1, -0.05) is 23.7 Å². The van der Waals surface area contributed by atoms with Crippen molar-refractivity contribution in [3.8, 4) is 0 Å². The lowest BCUT2D eigenvalue weighted by molar-refractivity contribution is 0.0951. The van der Waals surface area contributed by atoms with E-state index in [-0.39, 0.29) is 34.2 Å². The lowest BCUT2D eigenvalue weighted by Crippen LogP contribution is -2.25. The third-order valence-electron chi connectivity index (χ3n) is 4.51. The molecule has 1 fully saturated rings. The molecule has 0 aromatic heterocycles. The van der Waals surface area contributed by atoms with E-state index in [0.29, 0.717) is 5.56 Å². The van der Waals surface area contributed by atoms with Crippen LogP contribution in [0.5, 0.6) is 0 Å². The second-order valence-electron chi connectivity index (χ2n) is 6.52. The first-order valence-electron chi connectivity index (χ1n) is 8.35. The van der Waals surface area contributed by atoms with Crippen molar-refractivity contribution in [2.75, 3.05) is 11.5 Å². The van der Waals surface area contributed by atoms with Gasteiger partial charge < -0.3 is 5.32 Å². The fourth-order valence-corrected chi connectivity index (χ4v) is 7.52. The van der Waals surface area contributed by atoms with Crippen LogP contribution in [0.25, 0.3) is 0 Å². The quantitative estimate of drug-likeness (QED) is 0.762. The molecular formula is C18H17ClFNO5S2. The minimum atomic E-state index is -3.91. The average Bonchev–Trinajstić information content (AvgIpc) is 3.02. The third-order valence-corrected chi connectivity index (χ3v) is 9.01. The van der Waals surface area contributed by atoms with Crippen molar-refractivity contribution in [1.29, 1.82) is 0 Å². The highest BCUT2D eigenvalue weighted by molar-refractivity contribution is 7.96. The second kappa shape index (κ2) is 7.81. The fourth-order valence-electron chi connectivity index (χ4n) is 2.93. The number of nitrogens with one attached hydrogen (secondary N) is 1. The number of sulfone groups is 2. The van der Waals surface area contributed by atoms with Crippen molar-refractivity contribution >= 4 is 37.2 Å². The lowest BCUT2D eigenvalue weighted by Gasteiger charge is -2.13. The summed E-state index contributed by atoms with van der Waals surface area (Å²) in [5, 5.41) is 1.63. The van der Waals surface area contributed by atoms with Crippen LogP contribution in [0.4, 0.5) is 4.39 Å². The first-order valence-corrected chi connectivity index (χ1v) is 12.1. The molecule has 2 aromatic rings. The Morgan fingerprint density at radius 2 is 1.86 bits per heavy atom. The molecule has 1 unspecified atom stereocenters. The van der Waals surface area contributed by atoms with Gasteiger partial charge >= 0.3 is 0 Å². The Morgan fingerprint density at radius 3 is 2.46 bits per heavy atom. The Kier molecular flexibility index (Phi) is 5.79. The summed E-state index contributed by atoms with van der Waals surface area (Å²) in [5.41, 5.74) is 0.622. The van der Waals surface area contributed by atoms with Crippen molar-refractivity contribution in [2.45, 2.75) is 23.1 Å². The van der Waals surface area contributed by atoms with E-state index in [1.807, 2.05) is 0 Å². The molecule has 10 heteroatoms. The van der Waals surface area contributed by atoms with Gasteiger partial charge in [-0.05, 0) is 42.3 Å². The molecule has 1 aliphatic heterocycles. The summed E-state index contributed by atoms with van der Waals surface area (Å²) >= 11 is 6.05. The number of halogens is 2. The average molecular weight is 446 g/mol. The molecule has 0 saturated carbocycles. The molecule has 3 rings (SSSR count). The molecular weight excluding hydrogens is 429 g/mol. The molecule has 1 saturated heterocycles. The smallest absolute Gasteiger partial charge is 0.253 e. The lowest BCUT2D eigenvalue weighted by atomic mass is 10.2. The van der Waals surface area contributed by atoms with Gasteiger partial charge in [-0.25, -0.2) is 21.2 Å². The normalized spacial score (nSPS) is 18.7. The fraction of sp³-hybridized carbons (Fsp3) is 0.278. The maximum Gasteiger partial charge on any atom is 0.253 e. The number of rotatable bonds is 5. The summed E-state index contributed by atoms with van der Waals surface area (Å²) < 4.78 is 61.7. The van der Waals surface area contributed by atoms with E-state index in [4.69, 9.17) is 11.6 Å². The van der Waals surface area contributed by atoms with E-state index in [1.54, 1.807) is 0 Å². The van der Waals surface area contributed by atoms with Gasteiger partial charge in [-0.15, -0.1) is 0 Å². The highest BCUT2D eigenvalue weighted by Crippen LogP contribution is 2.28. The molecule has 0 spiro atoms. The van der Waals surface area contributed by atoms with Gasteiger partial charge in [0, 0.05) is 6.54 Å². The van der Waals surface area contributed by atoms with Crippen LogP contribution in [0.1, 0.15) is 22.3 Å². The van der Waals surface area contributed by atoms with Crippen LogP contribution in [0.2, 0.25) is 5.02 Å². The summed E-state index contributed by atoms with van der Waals surface area (Å²) in [6, 6.07) is 9.26. The zero-order chi connectivity index (χ0) is 20.5.